The van der Waals surface area contributed by atoms with Crippen LogP contribution in [0.2, 0.25) is 0 Å². The van der Waals surface area contributed by atoms with Crippen LogP contribution in [0, 0.1) is 0 Å². The summed E-state index contributed by atoms with van der Waals surface area (Å²) in [5.74, 6) is 0. The van der Waals surface area contributed by atoms with E-state index in [4.69, 9.17) is 9.84 Å². The molecule has 14 heavy (non-hydrogen) atoms. The lowest BCUT2D eigenvalue weighted by atomic mass is 10.4. The molecular formula is C9H19NO4. The minimum Gasteiger partial charge on any atom is -0.450 e. The number of ether oxygens (including phenoxy) is 2. The Hall–Kier alpha value is -0.810. The molecule has 0 saturated heterocycles. The molecule has 0 aromatic rings. The molecule has 2 N–H and O–H groups in total. The molecule has 0 aliphatic carbocycles. The third kappa shape index (κ3) is 7.82. The summed E-state index contributed by atoms with van der Waals surface area (Å²) >= 11 is 0. The monoisotopic (exact) mass is 205 g/mol. The molecule has 0 saturated carbocycles. The molecule has 0 heterocycles. The van der Waals surface area contributed by atoms with Crippen molar-refractivity contribution < 1.29 is 19.4 Å². The van der Waals surface area contributed by atoms with Crippen molar-refractivity contribution in [3.63, 3.8) is 0 Å². The summed E-state index contributed by atoms with van der Waals surface area (Å²) in [6.45, 7) is 6.18. The van der Waals surface area contributed by atoms with Gasteiger partial charge >= 0.3 is 6.09 Å². The van der Waals surface area contributed by atoms with Gasteiger partial charge in [-0.15, -0.1) is 0 Å². The lowest BCUT2D eigenvalue weighted by molar-refractivity contribution is 0.0373. The van der Waals surface area contributed by atoms with Gasteiger partial charge in [-0.2, -0.15) is 0 Å². The van der Waals surface area contributed by atoms with E-state index in [1.54, 1.807) is 20.8 Å². The fraction of sp³-hybridized carbons (Fsp3) is 0.889. The van der Waals surface area contributed by atoms with Gasteiger partial charge in [0.2, 0.25) is 0 Å². The van der Waals surface area contributed by atoms with Crippen molar-refractivity contribution in [1.82, 2.24) is 5.32 Å². The molecule has 0 aliphatic heterocycles. The van der Waals surface area contributed by atoms with Crippen LogP contribution in [0.15, 0.2) is 0 Å². The van der Waals surface area contributed by atoms with E-state index in [2.05, 4.69) is 10.1 Å². The molecule has 0 aromatic carbocycles. The van der Waals surface area contributed by atoms with Crippen molar-refractivity contribution >= 4 is 6.09 Å². The SMILES string of the molecule is CCOC(=O)NC(C)COCC(C)O. The van der Waals surface area contributed by atoms with E-state index in [1.807, 2.05) is 0 Å². The Morgan fingerprint density at radius 2 is 2.07 bits per heavy atom. The molecule has 0 aromatic heterocycles. The van der Waals surface area contributed by atoms with E-state index in [0.29, 0.717) is 13.2 Å². The zero-order chi connectivity index (χ0) is 11.0. The number of aliphatic hydroxyl groups excluding tert-OH is 1. The van der Waals surface area contributed by atoms with Gasteiger partial charge in [0.05, 0.1) is 32.0 Å². The van der Waals surface area contributed by atoms with Crippen molar-refractivity contribution in [3.8, 4) is 0 Å². The highest BCUT2D eigenvalue weighted by molar-refractivity contribution is 5.67. The maximum Gasteiger partial charge on any atom is 0.407 e. The van der Waals surface area contributed by atoms with Crippen LogP contribution >= 0.6 is 0 Å². The van der Waals surface area contributed by atoms with Gasteiger partial charge in [-0.3, -0.25) is 0 Å². The second-order valence-corrected chi connectivity index (χ2v) is 3.15. The van der Waals surface area contributed by atoms with E-state index in [-0.39, 0.29) is 12.6 Å². The molecule has 0 fully saturated rings. The van der Waals surface area contributed by atoms with Crippen molar-refractivity contribution in [3.05, 3.63) is 0 Å². The van der Waals surface area contributed by atoms with Gasteiger partial charge in [-0.05, 0) is 20.8 Å². The van der Waals surface area contributed by atoms with Crippen LogP contribution in [-0.4, -0.2) is 43.2 Å². The normalized spacial score (nSPS) is 14.6. The first-order valence-corrected chi connectivity index (χ1v) is 4.75. The van der Waals surface area contributed by atoms with E-state index in [1.165, 1.54) is 0 Å². The third-order valence-corrected chi connectivity index (χ3v) is 1.37. The average Bonchev–Trinajstić information content (AvgIpc) is 2.03. The van der Waals surface area contributed by atoms with Crippen molar-refractivity contribution in [2.45, 2.75) is 32.9 Å². The minimum absolute atomic E-state index is 0.118. The fourth-order valence-corrected chi connectivity index (χ4v) is 0.831. The number of alkyl carbamates (subject to hydrolysis) is 1. The second-order valence-electron chi connectivity index (χ2n) is 3.15. The van der Waals surface area contributed by atoms with Gasteiger partial charge < -0.3 is 19.9 Å². The molecule has 5 heteroatoms. The third-order valence-electron chi connectivity index (χ3n) is 1.37. The highest BCUT2D eigenvalue weighted by Crippen LogP contribution is 1.89. The maximum atomic E-state index is 10.9. The van der Waals surface area contributed by atoms with Crippen LogP contribution in [0.3, 0.4) is 0 Å². The number of hydrogen-bond donors (Lipinski definition) is 2. The van der Waals surface area contributed by atoms with E-state index in [0.717, 1.165) is 0 Å². The topological polar surface area (TPSA) is 67.8 Å². The van der Waals surface area contributed by atoms with Crippen LogP contribution in [0.4, 0.5) is 4.79 Å². The summed E-state index contributed by atoms with van der Waals surface area (Å²) in [5, 5.41) is 11.5. The van der Waals surface area contributed by atoms with Crippen LogP contribution in [0.25, 0.3) is 0 Å². The quantitative estimate of drug-likeness (QED) is 0.663. The maximum absolute atomic E-state index is 10.9. The Labute approximate surface area is 84.4 Å². The molecule has 2 unspecified atom stereocenters. The molecule has 0 radical (unpaired) electrons. The first kappa shape index (κ1) is 13.2. The predicted molar refractivity (Wildman–Crippen MR) is 52.1 cm³/mol. The van der Waals surface area contributed by atoms with Crippen LogP contribution in [0.1, 0.15) is 20.8 Å². The highest BCUT2D eigenvalue weighted by Gasteiger charge is 2.07. The first-order chi connectivity index (χ1) is 6.56. The highest BCUT2D eigenvalue weighted by atomic mass is 16.5. The zero-order valence-corrected chi connectivity index (χ0v) is 8.95. The van der Waals surface area contributed by atoms with Gasteiger partial charge in [0.15, 0.2) is 0 Å². The number of carbonyl (C=O) groups excluding carboxylic acids is 1. The Morgan fingerprint density at radius 3 is 2.57 bits per heavy atom. The van der Waals surface area contributed by atoms with Crippen molar-refractivity contribution in [2.24, 2.45) is 0 Å². The summed E-state index contributed by atoms with van der Waals surface area (Å²) in [6, 6.07) is -0.118. The number of rotatable bonds is 6. The van der Waals surface area contributed by atoms with E-state index < -0.39 is 12.2 Å². The number of nitrogens with one attached hydrogen (secondary N) is 1. The molecule has 84 valence electrons. The second kappa shape index (κ2) is 7.58. The van der Waals surface area contributed by atoms with E-state index in [9.17, 15) is 4.79 Å². The Bertz CT molecular complexity index is 161. The van der Waals surface area contributed by atoms with Gasteiger partial charge in [0.25, 0.3) is 0 Å². The largest absolute Gasteiger partial charge is 0.450 e. The molecule has 0 aliphatic rings. The molecular weight excluding hydrogens is 186 g/mol. The molecule has 2 atom stereocenters. The summed E-state index contributed by atoms with van der Waals surface area (Å²) in [7, 11) is 0. The molecule has 0 rings (SSSR count). The van der Waals surface area contributed by atoms with Gasteiger partial charge in [-0.25, -0.2) is 4.79 Å². The standard InChI is InChI=1S/C9H19NO4/c1-4-14-9(12)10-7(2)5-13-6-8(3)11/h7-8,11H,4-6H2,1-3H3,(H,10,12). The van der Waals surface area contributed by atoms with E-state index >= 15 is 0 Å². The summed E-state index contributed by atoms with van der Waals surface area (Å²) in [5.41, 5.74) is 0. The minimum atomic E-state index is -0.482. The molecule has 0 bridgehead atoms. The number of hydrogen-bond acceptors (Lipinski definition) is 4. The van der Waals surface area contributed by atoms with Crippen LogP contribution < -0.4 is 5.32 Å². The Kier molecular flexibility index (Phi) is 7.14. The summed E-state index contributed by atoms with van der Waals surface area (Å²) in [6.07, 6.45) is -0.926. The Balaban J connectivity index is 3.44. The average molecular weight is 205 g/mol. The molecule has 5 nitrogen and oxygen atoms in total. The lowest BCUT2D eigenvalue weighted by Gasteiger charge is -2.14. The smallest absolute Gasteiger partial charge is 0.407 e. The number of amides is 1. The molecule has 0 spiro atoms. The molecule has 1 amide bonds. The number of carbonyl (C=O) groups is 1. The first-order valence-electron chi connectivity index (χ1n) is 4.75. The number of aliphatic hydroxyl groups is 1. The van der Waals surface area contributed by atoms with Crippen LogP contribution in [-0.2, 0) is 9.47 Å². The summed E-state index contributed by atoms with van der Waals surface area (Å²) < 4.78 is 9.80. The summed E-state index contributed by atoms with van der Waals surface area (Å²) in [4.78, 5) is 10.9. The fourth-order valence-electron chi connectivity index (χ4n) is 0.831. The zero-order valence-electron chi connectivity index (χ0n) is 8.95. The van der Waals surface area contributed by atoms with Gasteiger partial charge in [-0.1, -0.05) is 0 Å². The van der Waals surface area contributed by atoms with Crippen molar-refractivity contribution in [1.29, 1.82) is 0 Å². The lowest BCUT2D eigenvalue weighted by Crippen LogP contribution is -2.36. The van der Waals surface area contributed by atoms with Gasteiger partial charge in [0.1, 0.15) is 0 Å². The van der Waals surface area contributed by atoms with Gasteiger partial charge in [0, 0.05) is 0 Å². The van der Waals surface area contributed by atoms with Crippen LogP contribution in [0.5, 0.6) is 0 Å². The Morgan fingerprint density at radius 1 is 1.43 bits per heavy atom. The predicted octanol–water partition coefficient (Wildman–Crippen LogP) is 0.518. The van der Waals surface area contributed by atoms with Crippen molar-refractivity contribution in [2.75, 3.05) is 19.8 Å².